The van der Waals surface area contributed by atoms with Crippen LogP contribution in [0.2, 0.25) is 5.02 Å². The summed E-state index contributed by atoms with van der Waals surface area (Å²) < 4.78 is 9.88. The van der Waals surface area contributed by atoms with Crippen molar-refractivity contribution in [3.63, 3.8) is 0 Å². The molecule has 0 aliphatic carbocycles. The third-order valence-corrected chi connectivity index (χ3v) is 2.40. The van der Waals surface area contributed by atoms with E-state index in [9.17, 15) is 9.59 Å². The molecule has 4 nitrogen and oxygen atoms in total. The van der Waals surface area contributed by atoms with E-state index >= 15 is 0 Å². The Morgan fingerprint density at radius 2 is 1.74 bits per heavy atom. The quantitative estimate of drug-likeness (QED) is 0.629. The predicted octanol–water partition coefficient (Wildman–Crippen LogP) is 3.20. The van der Waals surface area contributed by atoms with Gasteiger partial charge in [-0.25, -0.2) is 0 Å². The van der Waals surface area contributed by atoms with Gasteiger partial charge in [0.05, 0.1) is 0 Å². The van der Waals surface area contributed by atoms with Crippen LogP contribution in [-0.2, 0) is 19.1 Å². The molecule has 102 valence electrons. The van der Waals surface area contributed by atoms with E-state index in [1.54, 1.807) is 31.2 Å². The predicted molar refractivity (Wildman–Crippen MR) is 72.4 cm³/mol. The van der Waals surface area contributed by atoms with E-state index in [0.29, 0.717) is 10.6 Å². The number of ether oxygens (including phenoxy) is 2. The fraction of sp³-hybridized carbons (Fsp3) is 0.286. The van der Waals surface area contributed by atoms with Gasteiger partial charge in [-0.05, 0) is 30.7 Å². The molecule has 19 heavy (non-hydrogen) atoms. The van der Waals surface area contributed by atoms with Crippen LogP contribution in [-0.4, -0.2) is 18.2 Å². The van der Waals surface area contributed by atoms with E-state index in [1.807, 2.05) is 6.07 Å². The second-order valence-electron chi connectivity index (χ2n) is 3.99. The lowest BCUT2D eigenvalue weighted by Gasteiger charge is -2.17. The molecule has 1 aromatic rings. The molecule has 1 rings (SSSR count). The van der Waals surface area contributed by atoms with Crippen LogP contribution in [0.4, 0.5) is 0 Å². The van der Waals surface area contributed by atoms with Crippen molar-refractivity contribution in [2.75, 3.05) is 0 Å². The van der Waals surface area contributed by atoms with Crippen LogP contribution in [0, 0.1) is 0 Å². The largest absolute Gasteiger partial charge is 0.421 e. The van der Waals surface area contributed by atoms with Crippen LogP contribution >= 0.6 is 11.6 Å². The van der Waals surface area contributed by atoms with Crippen molar-refractivity contribution in [3.8, 4) is 0 Å². The molecule has 0 spiro atoms. The van der Waals surface area contributed by atoms with Gasteiger partial charge in [0.2, 0.25) is 0 Å². The zero-order valence-electron chi connectivity index (χ0n) is 11.0. The Labute approximate surface area is 117 Å². The molecule has 0 fully saturated rings. The number of carbonyl (C=O) groups is 2. The lowest BCUT2D eigenvalue weighted by Crippen LogP contribution is -2.23. The average molecular weight is 283 g/mol. The van der Waals surface area contributed by atoms with Crippen LogP contribution < -0.4 is 0 Å². The number of esters is 2. The zero-order chi connectivity index (χ0) is 14.4. The molecular formula is C14H15ClO4. The van der Waals surface area contributed by atoms with Crippen molar-refractivity contribution in [3.05, 3.63) is 40.4 Å². The fourth-order valence-corrected chi connectivity index (χ4v) is 1.64. The molecule has 0 unspecified atom stereocenters. The molecule has 0 N–H and O–H groups in total. The van der Waals surface area contributed by atoms with Crippen molar-refractivity contribution in [2.24, 2.45) is 0 Å². The molecule has 0 aromatic heterocycles. The minimum Gasteiger partial charge on any atom is -0.421 e. The Bertz CT molecular complexity index is 492. The van der Waals surface area contributed by atoms with E-state index in [4.69, 9.17) is 21.1 Å². The van der Waals surface area contributed by atoms with Crippen LogP contribution in [0.15, 0.2) is 29.8 Å². The highest BCUT2D eigenvalue weighted by Gasteiger charge is 2.17. The number of rotatable bonds is 4. The summed E-state index contributed by atoms with van der Waals surface area (Å²) in [4.78, 5) is 22.0. The second kappa shape index (κ2) is 6.95. The van der Waals surface area contributed by atoms with Gasteiger partial charge in [0.15, 0.2) is 0 Å². The van der Waals surface area contributed by atoms with Gasteiger partial charge in [0, 0.05) is 24.4 Å². The first-order valence-corrected chi connectivity index (χ1v) is 6.04. The molecule has 0 heterocycles. The maximum atomic E-state index is 11.0. The second-order valence-corrected chi connectivity index (χ2v) is 4.43. The summed E-state index contributed by atoms with van der Waals surface area (Å²) in [5.41, 5.74) is 1.42. The molecule has 0 amide bonds. The van der Waals surface area contributed by atoms with Gasteiger partial charge in [-0.3, -0.25) is 9.59 Å². The normalized spacial score (nSPS) is 11.3. The molecule has 0 atom stereocenters. The van der Waals surface area contributed by atoms with Crippen LogP contribution in [0.25, 0.3) is 6.08 Å². The van der Waals surface area contributed by atoms with E-state index in [1.165, 1.54) is 13.8 Å². The third-order valence-electron chi connectivity index (χ3n) is 2.16. The molecule has 0 saturated heterocycles. The standard InChI is InChI=1S/C14H15ClO4/c1-9(7-12-5-4-6-13(15)8-12)14(18-10(2)16)19-11(3)17/h4-8,14H,1-3H3/b9-7+. The van der Waals surface area contributed by atoms with Crippen molar-refractivity contribution >= 4 is 29.6 Å². The molecule has 5 heteroatoms. The number of hydrogen-bond donors (Lipinski definition) is 0. The minimum absolute atomic E-state index is 0.523. The Hall–Kier alpha value is -1.81. The highest BCUT2D eigenvalue weighted by atomic mass is 35.5. The smallest absolute Gasteiger partial charge is 0.305 e. The summed E-state index contributed by atoms with van der Waals surface area (Å²) in [6, 6.07) is 7.15. The van der Waals surface area contributed by atoms with Crippen molar-refractivity contribution in [1.29, 1.82) is 0 Å². The molecule has 1 aromatic carbocycles. The SMILES string of the molecule is CC(=O)OC(OC(C)=O)/C(C)=C/c1cccc(Cl)c1. The van der Waals surface area contributed by atoms with Gasteiger partial charge in [-0.1, -0.05) is 23.7 Å². The summed E-state index contributed by atoms with van der Waals surface area (Å²) in [7, 11) is 0. The molecular weight excluding hydrogens is 268 g/mol. The van der Waals surface area contributed by atoms with Crippen LogP contribution in [0.3, 0.4) is 0 Å². The molecule has 0 saturated carbocycles. The molecule has 0 radical (unpaired) electrons. The zero-order valence-corrected chi connectivity index (χ0v) is 11.7. The van der Waals surface area contributed by atoms with Crippen molar-refractivity contribution in [1.82, 2.24) is 0 Å². The van der Waals surface area contributed by atoms with Gasteiger partial charge in [-0.2, -0.15) is 0 Å². The van der Waals surface area contributed by atoms with E-state index in [2.05, 4.69) is 0 Å². The topological polar surface area (TPSA) is 52.6 Å². The van der Waals surface area contributed by atoms with Crippen LogP contribution in [0.1, 0.15) is 26.3 Å². The maximum absolute atomic E-state index is 11.0. The summed E-state index contributed by atoms with van der Waals surface area (Å²) >= 11 is 5.88. The van der Waals surface area contributed by atoms with Gasteiger partial charge in [0.25, 0.3) is 6.29 Å². The fourth-order valence-electron chi connectivity index (χ4n) is 1.44. The van der Waals surface area contributed by atoms with Crippen LogP contribution in [0.5, 0.6) is 0 Å². The highest BCUT2D eigenvalue weighted by Crippen LogP contribution is 2.17. The Morgan fingerprint density at radius 3 is 2.21 bits per heavy atom. The summed E-state index contributed by atoms with van der Waals surface area (Å²) in [5.74, 6) is -1.05. The van der Waals surface area contributed by atoms with E-state index in [0.717, 1.165) is 5.56 Å². The lowest BCUT2D eigenvalue weighted by molar-refractivity contribution is -0.177. The Morgan fingerprint density at radius 1 is 1.16 bits per heavy atom. The van der Waals surface area contributed by atoms with Gasteiger partial charge < -0.3 is 9.47 Å². The van der Waals surface area contributed by atoms with Gasteiger partial charge >= 0.3 is 11.9 Å². The summed E-state index contributed by atoms with van der Waals surface area (Å²) in [6.07, 6.45) is 0.719. The first-order valence-electron chi connectivity index (χ1n) is 5.66. The molecule has 0 aliphatic rings. The monoisotopic (exact) mass is 282 g/mol. The highest BCUT2D eigenvalue weighted by molar-refractivity contribution is 6.30. The minimum atomic E-state index is -1.02. The van der Waals surface area contributed by atoms with Gasteiger partial charge in [0.1, 0.15) is 0 Å². The van der Waals surface area contributed by atoms with Gasteiger partial charge in [-0.15, -0.1) is 0 Å². The van der Waals surface area contributed by atoms with Crippen molar-refractivity contribution < 1.29 is 19.1 Å². The van der Waals surface area contributed by atoms with E-state index in [-0.39, 0.29) is 0 Å². The lowest BCUT2D eigenvalue weighted by atomic mass is 10.1. The maximum Gasteiger partial charge on any atom is 0.305 e. The molecule has 0 bridgehead atoms. The number of carbonyl (C=O) groups excluding carboxylic acids is 2. The number of benzene rings is 1. The summed E-state index contributed by atoms with van der Waals surface area (Å²) in [5, 5.41) is 0.595. The Kier molecular flexibility index (Phi) is 5.57. The van der Waals surface area contributed by atoms with Crippen molar-refractivity contribution in [2.45, 2.75) is 27.1 Å². The van der Waals surface area contributed by atoms with E-state index < -0.39 is 18.2 Å². The molecule has 0 aliphatic heterocycles. The average Bonchev–Trinajstić information content (AvgIpc) is 2.26. The number of hydrogen-bond acceptors (Lipinski definition) is 4. The number of halogens is 1. The summed E-state index contributed by atoms with van der Waals surface area (Å²) in [6.45, 7) is 4.21. The first kappa shape index (κ1) is 15.2. The third kappa shape index (κ3) is 5.57. The first-order chi connectivity index (χ1) is 8.88. The Balaban J connectivity index is 2.94.